The van der Waals surface area contributed by atoms with E-state index < -0.39 is 10.0 Å². The highest BCUT2D eigenvalue weighted by atomic mass is 32.2. The molecule has 3 saturated heterocycles. The summed E-state index contributed by atoms with van der Waals surface area (Å²) < 4.78 is 31.2. The number of likely N-dealkylation sites (tertiary alicyclic amines) is 1. The molecule has 4 atom stereocenters. The van der Waals surface area contributed by atoms with Gasteiger partial charge in [-0.2, -0.15) is 4.31 Å². The quantitative estimate of drug-likeness (QED) is 0.731. The molecule has 0 aromatic heterocycles. The summed E-state index contributed by atoms with van der Waals surface area (Å²) in [6, 6.07) is 0. The molecule has 22 heavy (non-hydrogen) atoms. The fourth-order valence-electron chi connectivity index (χ4n) is 4.96. The van der Waals surface area contributed by atoms with Gasteiger partial charge in [-0.1, -0.05) is 0 Å². The Morgan fingerprint density at radius 1 is 1.14 bits per heavy atom. The van der Waals surface area contributed by atoms with Crippen LogP contribution >= 0.6 is 0 Å². The van der Waals surface area contributed by atoms with Gasteiger partial charge < -0.3 is 9.64 Å². The molecular weight excluding hydrogens is 304 g/mol. The van der Waals surface area contributed by atoms with Crippen molar-refractivity contribution in [2.24, 2.45) is 17.8 Å². The fourth-order valence-corrected chi connectivity index (χ4v) is 6.36. The Kier molecular flexibility index (Phi) is 3.33. The molecule has 4 fully saturated rings. The molecule has 0 aromatic rings. The zero-order valence-corrected chi connectivity index (χ0v) is 13.8. The van der Waals surface area contributed by atoms with Crippen LogP contribution in [0.15, 0.2) is 0 Å². The van der Waals surface area contributed by atoms with Gasteiger partial charge in [0.05, 0.1) is 25.0 Å². The number of rotatable bonds is 2. The molecule has 3 heterocycles. The number of sulfonamides is 1. The molecule has 7 heteroatoms. The first-order valence-electron chi connectivity index (χ1n) is 8.27. The number of hydrogen-bond donors (Lipinski definition) is 0. The maximum Gasteiger partial charge on any atom is 0.226 e. The van der Waals surface area contributed by atoms with Crippen molar-refractivity contribution >= 4 is 15.9 Å². The van der Waals surface area contributed by atoms with E-state index in [0.717, 1.165) is 45.4 Å². The van der Waals surface area contributed by atoms with Gasteiger partial charge in [-0.25, -0.2) is 8.42 Å². The van der Waals surface area contributed by atoms with E-state index in [1.165, 1.54) is 6.26 Å². The minimum absolute atomic E-state index is 0.136. The van der Waals surface area contributed by atoms with Gasteiger partial charge in [-0.3, -0.25) is 4.79 Å². The number of carbonyl (C=O) groups is 1. The second-order valence-electron chi connectivity index (χ2n) is 7.42. The van der Waals surface area contributed by atoms with Crippen molar-refractivity contribution < 1.29 is 17.9 Å². The van der Waals surface area contributed by atoms with E-state index >= 15 is 0 Å². The van der Waals surface area contributed by atoms with Crippen LogP contribution < -0.4 is 0 Å². The van der Waals surface area contributed by atoms with Crippen LogP contribution in [-0.4, -0.2) is 68.2 Å². The average molecular weight is 328 g/mol. The van der Waals surface area contributed by atoms with E-state index in [1.54, 1.807) is 4.31 Å². The van der Waals surface area contributed by atoms with Crippen LogP contribution in [0.1, 0.15) is 25.7 Å². The molecule has 4 aliphatic rings. The second kappa shape index (κ2) is 4.92. The molecule has 6 nitrogen and oxygen atoms in total. The van der Waals surface area contributed by atoms with Gasteiger partial charge >= 0.3 is 0 Å². The summed E-state index contributed by atoms with van der Waals surface area (Å²) in [5.41, 5.74) is -0.345. The Hall–Kier alpha value is -0.660. The zero-order chi connectivity index (χ0) is 15.5. The Labute approximate surface area is 131 Å². The Morgan fingerprint density at radius 3 is 2.41 bits per heavy atom. The van der Waals surface area contributed by atoms with Crippen LogP contribution in [0.3, 0.4) is 0 Å². The molecule has 1 aliphatic carbocycles. The van der Waals surface area contributed by atoms with E-state index in [0.29, 0.717) is 24.9 Å². The van der Waals surface area contributed by atoms with E-state index in [-0.39, 0.29) is 17.4 Å². The highest BCUT2D eigenvalue weighted by molar-refractivity contribution is 7.88. The molecule has 1 amide bonds. The highest BCUT2D eigenvalue weighted by Gasteiger charge is 2.60. The standard InChI is InChI=1S/C15H24N2O4S/c1-22(19,20)17-7-3-5-15(17)4-2-6-16(10-15)14(18)13-11-8-21-9-12(11)13/h11-13H,2-10H2,1H3/t11-,12+,13?,15?. The summed E-state index contributed by atoms with van der Waals surface area (Å²) in [5, 5.41) is 0. The van der Waals surface area contributed by atoms with Gasteiger partial charge in [0, 0.05) is 25.6 Å². The van der Waals surface area contributed by atoms with Gasteiger partial charge in [0.2, 0.25) is 15.9 Å². The SMILES string of the molecule is CS(=O)(=O)N1CCCC12CCCN(C(=O)C1[C@H]3COC[C@@H]13)C2. The fraction of sp³-hybridized carbons (Fsp3) is 0.933. The minimum Gasteiger partial charge on any atom is -0.381 e. The Balaban J connectivity index is 1.51. The van der Waals surface area contributed by atoms with Crippen LogP contribution in [0.5, 0.6) is 0 Å². The van der Waals surface area contributed by atoms with E-state index in [2.05, 4.69) is 0 Å². The lowest BCUT2D eigenvalue weighted by Gasteiger charge is -2.45. The van der Waals surface area contributed by atoms with E-state index in [1.807, 2.05) is 4.90 Å². The maximum absolute atomic E-state index is 12.8. The monoisotopic (exact) mass is 328 g/mol. The Bertz CT molecular complexity index is 582. The van der Waals surface area contributed by atoms with Crippen molar-refractivity contribution in [3.8, 4) is 0 Å². The van der Waals surface area contributed by atoms with Gasteiger partial charge in [0.15, 0.2) is 0 Å². The summed E-state index contributed by atoms with van der Waals surface area (Å²) in [7, 11) is -3.20. The lowest BCUT2D eigenvalue weighted by molar-refractivity contribution is -0.137. The van der Waals surface area contributed by atoms with Crippen molar-refractivity contribution in [3.05, 3.63) is 0 Å². The third-order valence-electron chi connectivity index (χ3n) is 6.04. The van der Waals surface area contributed by atoms with Gasteiger partial charge in [-0.05, 0) is 37.5 Å². The third-order valence-corrected chi connectivity index (χ3v) is 7.41. The van der Waals surface area contributed by atoms with Crippen molar-refractivity contribution in [3.63, 3.8) is 0 Å². The molecule has 2 unspecified atom stereocenters. The maximum atomic E-state index is 12.8. The molecule has 1 saturated carbocycles. The van der Waals surface area contributed by atoms with Crippen molar-refractivity contribution in [1.29, 1.82) is 0 Å². The number of amides is 1. The topological polar surface area (TPSA) is 66.9 Å². The number of fused-ring (bicyclic) bond motifs is 1. The first-order valence-corrected chi connectivity index (χ1v) is 10.1. The number of ether oxygens (including phenoxy) is 1. The highest BCUT2D eigenvalue weighted by Crippen LogP contribution is 2.52. The van der Waals surface area contributed by atoms with Crippen molar-refractivity contribution in [2.75, 3.05) is 39.1 Å². The molecule has 0 aromatic carbocycles. The smallest absolute Gasteiger partial charge is 0.226 e. The van der Waals surface area contributed by atoms with Gasteiger partial charge in [0.25, 0.3) is 0 Å². The predicted octanol–water partition coefficient (Wildman–Crippen LogP) is 0.295. The lowest BCUT2D eigenvalue weighted by atomic mass is 9.87. The molecule has 0 bridgehead atoms. The third kappa shape index (κ3) is 2.20. The number of piperidine rings is 1. The van der Waals surface area contributed by atoms with Crippen LogP contribution in [0.25, 0.3) is 0 Å². The summed E-state index contributed by atoms with van der Waals surface area (Å²) in [4.78, 5) is 14.7. The molecule has 4 rings (SSSR count). The normalized spacial score (nSPS) is 41.9. The van der Waals surface area contributed by atoms with Crippen LogP contribution in [-0.2, 0) is 19.6 Å². The first kappa shape index (κ1) is 14.9. The molecule has 0 N–H and O–H groups in total. The molecule has 1 spiro atoms. The summed E-state index contributed by atoms with van der Waals surface area (Å²) >= 11 is 0. The number of carbonyl (C=O) groups excluding carboxylic acids is 1. The van der Waals surface area contributed by atoms with Crippen molar-refractivity contribution in [1.82, 2.24) is 9.21 Å². The molecular formula is C15H24N2O4S. The zero-order valence-electron chi connectivity index (χ0n) is 13.0. The summed E-state index contributed by atoms with van der Waals surface area (Å²) in [5.74, 6) is 1.20. The van der Waals surface area contributed by atoms with Gasteiger partial charge in [0.1, 0.15) is 0 Å². The largest absolute Gasteiger partial charge is 0.381 e. The molecule has 124 valence electrons. The number of nitrogens with zero attached hydrogens (tertiary/aromatic N) is 2. The minimum atomic E-state index is -3.20. The van der Waals surface area contributed by atoms with Gasteiger partial charge in [-0.15, -0.1) is 0 Å². The van der Waals surface area contributed by atoms with Crippen LogP contribution in [0, 0.1) is 17.8 Å². The Morgan fingerprint density at radius 2 is 1.77 bits per heavy atom. The van der Waals surface area contributed by atoms with Crippen molar-refractivity contribution in [2.45, 2.75) is 31.2 Å². The lowest BCUT2D eigenvalue weighted by Crippen LogP contribution is -2.58. The average Bonchev–Trinajstić information content (AvgIpc) is 2.83. The summed E-state index contributed by atoms with van der Waals surface area (Å²) in [6.45, 7) is 3.39. The van der Waals surface area contributed by atoms with Crippen LogP contribution in [0.2, 0.25) is 0 Å². The molecule has 3 aliphatic heterocycles. The predicted molar refractivity (Wildman–Crippen MR) is 80.6 cm³/mol. The van der Waals surface area contributed by atoms with E-state index in [4.69, 9.17) is 4.74 Å². The molecule has 0 radical (unpaired) electrons. The number of hydrogen-bond acceptors (Lipinski definition) is 4. The summed E-state index contributed by atoms with van der Waals surface area (Å²) in [6.07, 6.45) is 4.85. The first-order chi connectivity index (χ1) is 10.4. The van der Waals surface area contributed by atoms with E-state index in [9.17, 15) is 13.2 Å². The van der Waals surface area contributed by atoms with Crippen LogP contribution in [0.4, 0.5) is 0 Å². The second-order valence-corrected chi connectivity index (χ2v) is 9.32.